The van der Waals surface area contributed by atoms with E-state index < -0.39 is 7.12 Å². The molecule has 0 saturated heterocycles. The monoisotopic (exact) mass is 280 g/mol. The molecular weight excluding hydrogens is 267 g/mol. The highest BCUT2D eigenvalue weighted by atomic mass is 32.2. The molecule has 0 atom stereocenters. The molecule has 1 heterocycles. The van der Waals surface area contributed by atoms with Crippen LogP contribution in [0.25, 0.3) is 0 Å². The molecule has 0 amide bonds. The van der Waals surface area contributed by atoms with Crippen LogP contribution in [0, 0.1) is 0 Å². The fraction of sp³-hybridized carbons (Fsp3) is 0.167. The minimum atomic E-state index is -1.51. The highest BCUT2D eigenvalue weighted by Gasteiger charge is 2.17. The Bertz CT molecular complexity index is 500. The molecule has 0 spiro atoms. The van der Waals surface area contributed by atoms with Gasteiger partial charge in [0.1, 0.15) is 5.75 Å². The number of thiophene rings is 1. The fourth-order valence-corrected chi connectivity index (χ4v) is 3.30. The lowest BCUT2D eigenvalue weighted by molar-refractivity contribution is 0.403. The van der Waals surface area contributed by atoms with E-state index >= 15 is 0 Å². The summed E-state index contributed by atoms with van der Waals surface area (Å²) in [6.45, 7) is 0. The van der Waals surface area contributed by atoms with E-state index in [9.17, 15) is 10.0 Å². The van der Waals surface area contributed by atoms with Crippen molar-refractivity contribution in [2.75, 3.05) is 7.11 Å². The Morgan fingerprint density at radius 3 is 2.78 bits per heavy atom. The SMILES string of the molecule is COc1ccc(CSc2cccs2)cc1B(O)O. The summed E-state index contributed by atoms with van der Waals surface area (Å²) in [4.78, 5) is 0. The van der Waals surface area contributed by atoms with Crippen molar-refractivity contribution in [2.45, 2.75) is 9.96 Å². The quantitative estimate of drug-likeness (QED) is 0.647. The standard InChI is InChI=1S/C12H13BO3S2/c1-16-11-5-4-9(7-10(11)13(14)15)8-18-12-3-2-6-17-12/h2-7,14-15H,8H2,1H3. The lowest BCUT2D eigenvalue weighted by atomic mass is 9.79. The summed E-state index contributed by atoms with van der Waals surface area (Å²) in [7, 11) is 0.00742. The Kier molecular flexibility index (Phi) is 4.71. The molecule has 0 fully saturated rings. The average Bonchev–Trinajstić information content (AvgIpc) is 2.89. The molecular formula is C12H13BO3S2. The average molecular weight is 280 g/mol. The zero-order chi connectivity index (χ0) is 13.0. The van der Waals surface area contributed by atoms with E-state index in [0.29, 0.717) is 11.2 Å². The van der Waals surface area contributed by atoms with Gasteiger partial charge in [0.2, 0.25) is 0 Å². The molecule has 2 aromatic rings. The molecule has 3 nitrogen and oxygen atoms in total. The van der Waals surface area contributed by atoms with Gasteiger partial charge in [-0.05, 0) is 23.1 Å². The number of hydrogen-bond acceptors (Lipinski definition) is 5. The molecule has 0 aliphatic heterocycles. The molecule has 2 rings (SSSR count). The van der Waals surface area contributed by atoms with Crippen LogP contribution >= 0.6 is 23.1 Å². The van der Waals surface area contributed by atoms with Gasteiger partial charge < -0.3 is 14.8 Å². The largest absolute Gasteiger partial charge is 0.497 e. The molecule has 0 radical (unpaired) electrons. The highest BCUT2D eigenvalue weighted by molar-refractivity contribution is 8.00. The van der Waals surface area contributed by atoms with Gasteiger partial charge in [-0.25, -0.2) is 0 Å². The van der Waals surface area contributed by atoms with Crippen molar-refractivity contribution < 1.29 is 14.8 Å². The molecule has 1 aromatic carbocycles. The first-order chi connectivity index (χ1) is 8.70. The molecule has 2 N–H and O–H groups in total. The van der Waals surface area contributed by atoms with E-state index in [0.717, 1.165) is 11.3 Å². The van der Waals surface area contributed by atoms with E-state index in [1.165, 1.54) is 11.3 Å². The minimum absolute atomic E-state index is 0.404. The molecule has 1 aromatic heterocycles. The maximum atomic E-state index is 9.28. The maximum absolute atomic E-state index is 9.28. The van der Waals surface area contributed by atoms with Crippen molar-refractivity contribution in [3.05, 3.63) is 41.3 Å². The third-order valence-electron chi connectivity index (χ3n) is 2.45. The second kappa shape index (κ2) is 6.29. The van der Waals surface area contributed by atoms with Crippen LogP contribution in [-0.4, -0.2) is 24.3 Å². The number of ether oxygens (including phenoxy) is 1. The van der Waals surface area contributed by atoms with Crippen LogP contribution < -0.4 is 10.2 Å². The zero-order valence-corrected chi connectivity index (χ0v) is 11.5. The Morgan fingerprint density at radius 1 is 1.33 bits per heavy atom. The van der Waals surface area contributed by atoms with Gasteiger partial charge in [0, 0.05) is 11.2 Å². The predicted octanol–water partition coefficient (Wildman–Crippen LogP) is 1.73. The Labute approximate surface area is 115 Å². The van der Waals surface area contributed by atoms with Crippen molar-refractivity contribution in [3.8, 4) is 5.75 Å². The van der Waals surface area contributed by atoms with Gasteiger partial charge in [0.25, 0.3) is 0 Å². The van der Waals surface area contributed by atoms with Crippen molar-refractivity contribution >= 4 is 35.7 Å². The van der Waals surface area contributed by atoms with Gasteiger partial charge >= 0.3 is 7.12 Å². The van der Waals surface area contributed by atoms with Crippen molar-refractivity contribution in [1.82, 2.24) is 0 Å². The van der Waals surface area contributed by atoms with Gasteiger partial charge in [-0.1, -0.05) is 18.2 Å². The van der Waals surface area contributed by atoms with E-state index in [1.54, 1.807) is 35.2 Å². The Hall–Kier alpha value is -0.945. The number of rotatable bonds is 5. The second-order valence-electron chi connectivity index (χ2n) is 3.67. The zero-order valence-electron chi connectivity index (χ0n) is 9.87. The number of thioether (sulfide) groups is 1. The van der Waals surface area contributed by atoms with Gasteiger partial charge in [0.05, 0.1) is 11.3 Å². The van der Waals surface area contributed by atoms with E-state index in [4.69, 9.17) is 4.74 Å². The van der Waals surface area contributed by atoms with Gasteiger partial charge in [-0.15, -0.1) is 23.1 Å². The topological polar surface area (TPSA) is 49.7 Å². The van der Waals surface area contributed by atoms with Crippen molar-refractivity contribution in [2.24, 2.45) is 0 Å². The molecule has 94 valence electrons. The number of methoxy groups -OCH3 is 1. The second-order valence-corrected chi connectivity index (χ2v) is 5.89. The van der Waals surface area contributed by atoms with Crippen LogP contribution in [-0.2, 0) is 5.75 Å². The smallest absolute Gasteiger partial charge is 0.492 e. The first kappa shape index (κ1) is 13.5. The lowest BCUT2D eigenvalue weighted by Gasteiger charge is -2.09. The third-order valence-corrected chi connectivity index (χ3v) is 4.65. The first-order valence-electron chi connectivity index (χ1n) is 5.40. The molecule has 0 unspecified atom stereocenters. The number of hydrogen-bond donors (Lipinski definition) is 2. The van der Waals surface area contributed by atoms with Crippen molar-refractivity contribution in [1.29, 1.82) is 0 Å². The summed E-state index contributed by atoms with van der Waals surface area (Å²) in [5.41, 5.74) is 1.44. The van der Waals surface area contributed by atoms with Crippen LogP contribution in [0.4, 0.5) is 0 Å². The molecule has 0 bridgehead atoms. The van der Waals surface area contributed by atoms with Gasteiger partial charge in [-0.2, -0.15) is 0 Å². The number of benzene rings is 1. The van der Waals surface area contributed by atoms with Gasteiger partial charge in [0.15, 0.2) is 0 Å². The van der Waals surface area contributed by atoms with Crippen LogP contribution in [0.5, 0.6) is 5.75 Å². The van der Waals surface area contributed by atoms with Gasteiger partial charge in [-0.3, -0.25) is 0 Å². The normalized spacial score (nSPS) is 10.4. The van der Waals surface area contributed by atoms with E-state index in [2.05, 4.69) is 6.07 Å². The molecule has 0 aliphatic rings. The summed E-state index contributed by atoms with van der Waals surface area (Å²) in [6, 6.07) is 9.55. The van der Waals surface area contributed by atoms with Crippen LogP contribution in [0.1, 0.15) is 5.56 Å². The van der Waals surface area contributed by atoms with E-state index in [1.807, 2.05) is 17.5 Å². The summed E-state index contributed by atoms with van der Waals surface area (Å²) in [5, 5.41) is 20.6. The predicted molar refractivity (Wildman–Crippen MR) is 76.7 cm³/mol. The summed E-state index contributed by atoms with van der Waals surface area (Å²) >= 11 is 3.43. The third kappa shape index (κ3) is 3.29. The Balaban J connectivity index is 2.11. The summed E-state index contributed by atoms with van der Waals surface area (Å²) < 4.78 is 6.33. The lowest BCUT2D eigenvalue weighted by Crippen LogP contribution is -2.31. The van der Waals surface area contributed by atoms with Crippen LogP contribution in [0.3, 0.4) is 0 Å². The Morgan fingerprint density at radius 2 is 2.17 bits per heavy atom. The van der Waals surface area contributed by atoms with E-state index in [-0.39, 0.29) is 0 Å². The van der Waals surface area contributed by atoms with Crippen LogP contribution in [0.2, 0.25) is 0 Å². The summed E-state index contributed by atoms with van der Waals surface area (Å²) in [6.07, 6.45) is 0. The first-order valence-corrected chi connectivity index (χ1v) is 7.26. The van der Waals surface area contributed by atoms with Crippen molar-refractivity contribution in [3.63, 3.8) is 0 Å². The van der Waals surface area contributed by atoms with Crippen LogP contribution in [0.15, 0.2) is 39.9 Å². The molecule has 0 aliphatic carbocycles. The fourth-order valence-electron chi connectivity index (χ4n) is 1.58. The maximum Gasteiger partial charge on any atom is 0.492 e. The summed E-state index contributed by atoms with van der Waals surface area (Å²) in [5.74, 6) is 1.29. The highest BCUT2D eigenvalue weighted by Crippen LogP contribution is 2.27. The minimum Gasteiger partial charge on any atom is -0.497 e. The molecule has 18 heavy (non-hydrogen) atoms. The molecule has 0 saturated carbocycles. The molecule has 6 heteroatoms.